The predicted octanol–water partition coefficient (Wildman–Crippen LogP) is 3.46. The summed E-state index contributed by atoms with van der Waals surface area (Å²) >= 11 is 5.21. The summed E-state index contributed by atoms with van der Waals surface area (Å²) in [6.45, 7) is 1.47. The minimum absolute atomic E-state index is 0.0265. The van der Waals surface area contributed by atoms with E-state index in [1.54, 1.807) is 6.07 Å². The number of halogens is 3. The fourth-order valence-corrected chi connectivity index (χ4v) is 1.88. The Morgan fingerprint density at radius 3 is 2.62 bits per heavy atom. The molecule has 70 valence electrons. The lowest BCUT2D eigenvalue weighted by atomic mass is 10.1. The molecule has 0 aromatic heterocycles. The monoisotopic (exact) mass is 356 g/mol. The van der Waals surface area contributed by atoms with E-state index in [4.69, 9.17) is 0 Å². The van der Waals surface area contributed by atoms with Crippen molar-refractivity contribution >= 4 is 44.3 Å². The predicted molar refractivity (Wildman–Crippen MR) is 61.5 cm³/mol. The molecule has 0 bridgehead atoms. The third-order valence-electron chi connectivity index (χ3n) is 1.53. The van der Waals surface area contributed by atoms with Crippen molar-refractivity contribution in [1.29, 1.82) is 0 Å². The van der Waals surface area contributed by atoms with Crippen LogP contribution >= 0.6 is 38.5 Å². The van der Waals surface area contributed by atoms with Crippen LogP contribution in [0.1, 0.15) is 17.3 Å². The van der Waals surface area contributed by atoms with Crippen LogP contribution in [0.3, 0.4) is 0 Å². The molecular formula is C9H7BrFIO. The van der Waals surface area contributed by atoms with Crippen molar-refractivity contribution in [3.8, 4) is 0 Å². The van der Waals surface area contributed by atoms with Crippen LogP contribution in [0.4, 0.5) is 4.39 Å². The minimum Gasteiger partial charge on any atom is -0.298 e. The molecule has 0 radical (unpaired) electrons. The van der Waals surface area contributed by atoms with Gasteiger partial charge in [0.2, 0.25) is 0 Å². The van der Waals surface area contributed by atoms with E-state index in [9.17, 15) is 9.18 Å². The largest absolute Gasteiger partial charge is 0.298 e. The molecule has 0 amide bonds. The number of Topliss-reactive ketones (excluding diaryl/α,β-unsaturated/α-hetero) is 1. The van der Waals surface area contributed by atoms with Crippen LogP contribution in [-0.4, -0.2) is 5.78 Å². The van der Waals surface area contributed by atoms with Gasteiger partial charge in [0.15, 0.2) is 0 Å². The molecule has 0 aliphatic heterocycles. The number of hydrogen-bond donors (Lipinski definition) is 0. The SMILES string of the molecule is CC(=O)C(Br)c1cc(F)cc(I)c1. The van der Waals surface area contributed by atoms with Gasteiger partial charge in [-0.2, -0.15) is 0 Å². The van der Waals surface area contributed by atoms with Crippen molar-refractivity contribution in [2.75, 3.05) is 0 Å². The fraction of sp³-hybridized carbons (Fsp3) is 0.222. The molecule has 1 unspecified atom stereocenters. The van der Waals surface area contributed by atoms with Crippen LogP contribution in [0, 0.1) is 9.39 Å². The second-order valence-electron chi connectivity index (χ2n) is 2.68. The lowest BCUT2D eigenvalue weighted by Gasteiger charge is -2.06. The van der Waals surface area contributed by atoms with E-state index in [2.05, 4.69) is 15.9 Å². The van der Waals surface area contributed by atoms with Gasteiger partial charge in [-0.1, -0.05) is 15.9 Å². The van der Waals surface area contributed by atoms with E-state index in [1.807, 2.05) is 22.6 Å². The second-order valence-corrected chi connectivity index (χ2v) is 4.84. The molecule has 1 aromatic carbocycles. The third-order valence-corrected chi connectivity index (χ3v) is 3.33. The lowest BCUT2D eigenvalue weighted by Crippen LogP contribution is -2.01. The summed E-state index contributed by atoms with van der Waals surface area (Å²) in [6, 6.07) is 4.57. The summed E-state index contributed by atoms with van der Waals surface area (Å²) in [7, 11) is 0. The van der Waals surface area contributed by atoms with Crippen molar-refractivity contribution in [3.63, 3.8) is 0 Å². The van der Waals surface area contributed by atoms with Gasteiger partial charge >= 0.3 is 0 Å². The van der Waals surface area contributed by atoms with Crippen LogP contribution in [0.5, 0.6) is 0 Å². The van der Waals surface area contributed by atoms with Crippen LogP contribution in [0.25, 0.3) is 0 Å². The maximum atomic E-state index is 12.9. The van der Waals surface area contributed by atoms with E-state index in [0.717, 1.165) is 3.57 Å². The molecule has 0 saturated carbocycles. The normalized spacial score (nSPS) is 12.6. The Morgan fingerprint density at radius 1 is 1.54 bits per heavy atom. The summed E-state index contributed by atoms with van der Waals surface area (Å²) in [4.78, 5) is 10.6. The Morgan fingerprint density at radius 2 is 2.15 bits per heavy atom. The highest BCUT2D eigenvalue weighted by atomic mass is 127. The Bertz CT molecular complexity index is 320. The van der Waals surface area contributed by atoms with Crippen molar-refractivity contribution in [3.05, 3.63) is 33.1 Å². The summed E-state index contributed by atoms with van der Waals surface area (Å²) < 4.78 is 13.7. The molecule has 13 heavy (non-hydrogen) atoms. The highest BCUT2D eigenvalue weighted by Gasteiger charge is 2.13. The molecule has 4 heteroatoms. The van der Waals surface area contributed by atoms with Crippen molar-refractivity contribution in [2.24, 2.45) is 0 Å². The smallest absolute Gasteiger partial charge is 0.147 e. The topological polar surface area (TPSA) is 17.1 Å². The summed E-state index contributed by atoms with van der Waals surface area (Å²) in [6.07, 6.45) is 0. The number of carbonyl (C=O) groups is 1. The molecule has 0 aliphatic carbocycles. The van der Waals surface area contributed by atoms with Gasteiger partial charge in [-0.05, 0) is 53.3 Å². The maximum Gasteiger partial charge on any atom is 0.147 e. The molecule has 1 aromatic rings. The van der Waals surface area contributed by atoms with Gasteiger partial charge in [-0.3, -0.25) is 4.79 Å². The zero-order valence-corrected chi connectivity index (χ0v) is 10.6. The molecule has 1 nitrogen and oxygen atoms in total. The van der Waals surface area contributed by atoms with E-state index in [0.29, 0.717) is 5.56 Å². The number of hydrogen-bond acceptors (Lipinski definition) is 1. The van der Waals surface area contributed by atoms with Crippen LogP contribution in [-0.2, 0) is 4.79 Å². The molecule has 0 spiro atoms. The number of carbonyl (C=O) groups excluding carboxylic acids is 1. The number of rotatable bonds is 2. The summed E-state index contributed by atoms with van der Waals surface area (Å²) in [5.41, 5.74) is 0.664. The van der Waals surface area contributed by atoms with Crippen molar-refractivity contribution < 1.29 is 9.18 Å². The van der Waals surface area contributed by atoms with Gasteiger partial charge in [0.25, 0.3) is 0 Å². The first-order valence-corrected chi connectivity index (χ1v) is 5.60. The van der Waals surface area contributed by atoms with Gasteiger partial charge in [-0.25, -0.2) is 4.39 Å². The Labute approximate surface area is 98.0 Å². The van der Waals surface area contributed by atoms with Crippen molar-refractivity contribution in [2.45, 2.75) is 11.8 Å². The molecule has 0 heterocycles. The fourth-order valence-electron chi connectivity index (χ4n) is 0.956. The Balaban J connectivity index is 3.07. The van der Waals surface area contributed by atoms with Crippen molar-refractivity contribution in [1.82, 2.24) is 0 Å². The molecule has 1 rings (SSSR count). The number of ketones is 1. The van der Waals surface area contributed by atoms with Crippen LogP contribution in [0.15, 0.2) is 18.2 Å². The maximum absolute atomic E-state index is 12.9. The molecule has 0 aliphatic rings. The molecule has 0 fully saturated rings. The first kappa shape index (κ1) is 11.1. The Kier molecular flexibility index (Phi) is 3.85. The first-order valence-electron chi connectivity index (χ1n) is 3.61. The Hall–Kier alpha value is 0.0300. The quantitative estimate of drug-likeness (QED) is 0.586. The zero-order chi connectivity index (χ0) is 10.0. The molecule has 0 N–H and O–H groups in total. The molecule has 0 saturated heterocycles. The van der Waals surface area contributed by atoms with E-state index in [-0.39, 0.29) is 11.6 Å². The van der Waals surface area contributed by atoms with E-state index in [1.165, 1.54) is 19.1 Å². The number of alkyl halides is 1. The van der Waals surface area contributed by atoms with Gasteiger partial charge < -0.3 is 0 Å². The van der Waals surface area contributed by atoms with Gasteiger partial charge in [0, 0.05) is 3.57 Å². The van der Waals surface area contributed by atoms with Crippen LogP contribution < -0.4 is 0 Å². The molecular weight excluding hydrogens is 350 g/mol. The summed E-state index contributed by atoms with van der Waals surface area (Å²) in [5.74, 6) is -0.339. The van der Waals surface area contributed by atoms with Crippen LogP contribution in [0.2, 0.25) is 0 Å². The number of benzene rings is 1. The highest BCUT2D eigenvalue weighted by molar-refractivity contribution is 14.1. The minimum atomic E-state index is -0.406. The second kappa shape index (κ2) is 4.50. The van der Waals surface area contributed by atoms with Gasteiger partial charge in [-0.15, -0.1) is 0 Å². The van der Waals surface area contributed by atoms with E-state index >= 15 is 0 Å². The van der Waals surface area contributed by atoms with Gasteiger partial charge in [0.05, 0.1) is 4.83 Å². The third kappa shape index (κ3) is 3.02. The van der Waals surface area contributed by atoms with E-state index < -0.39 is 4.83 Å². The highest BCUT2D eigenvalue weighted by Crippen LogP contribution is 2.25. The standard InChI is InChI=1S/C9H7BrFIO/c1-5(13)9(10)6-2-7(11)4-8(12)3-6/h2-4,9H,1H3. The average Bonchev–Trinajstić information content (AvgIpc) is 2.01. The zero-order valence-electron chi connectivity index (χ0n) is 6.85. The van der Waals surface area contributed by atoms with Gasteiger partial charge in [0.1, 0.15) is 11.6 Å². The summed E-state index contributed by atoms with van der Waals surface area (Å²) in [5, 5.41) is 0. The average molecular weight is 357 g/mol. The lowest BCUT2D eigenvalue weighted by molar-refractivity contribution is -0.116. The first-order chi connectivity index (χ1) is 6.00. The molecule has 1 atom stereocenters.